The summed E-state index contributed by atoms with van der Waals surface area (Å²) in [4.78, 5) is 33.5. The average Bonchev–Trinajstić information content (AvgIpc) is 3.47. The number of nitrogens with one attached hydrogen (secondary N) is 1. The third-order valence-electron chi connectivity index (χ3n) is 8.37. The number of likely N-dealkylation sites (N-methyl/N-ethyl adjacent to an activating group) is 1. The molecule has 40 heavy (non-hydrogen) atoms. The van der Waals surface area contributed by atoms with Crippen LogP contribution in [-0.4, -0.2) is 77.6 Å². The number of pyridine rings is 1. The molecule has 3 heterocycles. The molecule has 2 aliphatic heterocycles. The third-order valence-corrected chi connectivity index (χ3v) is 8.37. The van der Waals surface area contributed by atoms with Crippen LogP contribution in [0.15, 0.2) is 36.5 Å². The molecule has 0 aliphatic carbocycles. The molecule has 2 fully saturated rings. The van der Waals surface area contributed by atoms with Crippen LogP contribution in [-0.2, 0) is 4.79 Å². The van der Waals surface area contributed by atoms with Gasteiger partial charge in [-0.05, 0) is 88.7 Å². The summed E-state index contributed by atoms with van der Waals surface area (Å²) in [5, 5.41) is 2.75. The molecule has 0 bridgehead atoms. The molecule has 1 N–H and O–H groups in total. The van der Waals surface area contributed by atoms with Gasteiger partial charge in [-0.25, -0.2) is 8.78 Å². The molecule has 2 saturated heterocycles. The lowest BCUT2D eigenvalue weighted by molar-refractivity contribution is -0.124. The Bertz CT molecular complexity index is 1150. The summed E-state index contributed by atoms with van der Waals surface area (Å²) in [6, 6.07) is 7.47. The highest BCUT2D eigenvalue weighted by Crippen LogP contribution is 2.28. The number of hydrogen-bond donors (Lipinski definition) is 1. The zero-order valence-corrected chi connectivity index (χ0v) is 23.9. The standard InChI is InChI=1S/C31H42F2N4O3/c1-4-31(33,5-2)21-36-16-13-22(14-17-36)20-40-24-10-12-27(35-19-24)23-9-11-25(26(32)18-23)30(39)37-15-7-8-28(37)29(38)34-6-3/h9-12,18-19,22,28H,4-8,13-17,20-21H2,1-3H3,(H,34,38). The van der Waals surface area contributed by atoms with Gasteiger partial charge in [0, 0.05) is 25.2 Å². The molecule has 0 saturated carbocycles. The Morgan fingerprint density at radius 2 is 1.82 bits per heavy atom. The maximum atomic E-state index is 15.1. The molecular weight excluding hydrogens is 514 g/mol. The number of hydrogen-bond acceptors (Lipinski definition) is 5. The van der Waals surface area contributed by atoms with Crippen molar-refractivity contribution in [2.75, 3.05) is 39.3 Å². The highest BCUT2D eigenvalue weighted by Gasteiger charge is 2.35. The first-order valence-electron chi connectivity index (χ1n) is 14.7. The fourth-order valence-electron chi connectivity index (χ4n) is 5.61. The number of ether oxygens (including phenoxy) is 1. The Labute approximate surface area is 236 Å². The summed E-state index contributed by atoms with van der Waals surface area (Å²) >= 11 is 0. The van der Waals surface area contributed by atoms with Crippen LogP contribution in [0.4, 0.5) is 8.78 Å². The monoisotopic (exact) mass is 556 g/mol. The molecule has 1 aromatic carbocycles. The first-order chi connectivity index (χ1) is 19.3. The van der Waals surface area contributed by atoms with E-state index in [9.17, 15) is 14.0 Å². The van der Waals surface area contributed by atoms with Crippen LogP contribution >= 0.6 is 0 Å². The predicted molar refractivity (Wildman–Crippen MR) is 151 cm³/mol. The highest BCUT2D eigenvalue weighted by atomic mass is 19.1. The number of aromatic nitrogens is 1. The second-order valence-corrected chi connectivity index (χ2v) is 11.0. The topological polar surface area (TPSA) is 74.8 Å². The molecule has 2 aliphatic rings. The molecule has 218 valence electrons. The van der Waals surface area contributed by atoms with Crippen LogP contribution in [0.1, 0.15) is 69.7 Å². The molecule has 7 nitrogen and oxygen atoms in total. The second kappa shape index (κ2) is 13.5. The molecule has 0 radical (unpaired) electrons. The Balaban J connectivity index is 1.30. The first-order valence-corrected chi connectivity index (χ1v) is 14.7. The van der Waals surface area contributed by atoms with Crippen molar-refractivity contribution in [2.24, 2.45) is 5.92 Å². The van der Waals surface area contributed by atoms with E-state index in [0.29, 0.717) is 74.8 Å². The molecule has 1 unspecified atom stereocenters. The van der Waals surface area contributed by atoms with Crippen LogP contribution in [0.2, 0.25) is 0 Å². The number of benzene rings is 1. The van der Waals surface area contributed by atoms with E-state index in [1.165, 1.54) is 17.0 Å². The van der Waals surface area contributed by atoms with Gasteiger partial charge < -0.3 is 19.9 Å². The van der Waals surface area contributed by atoms with E-state index in [0.717, 1.165) is 25.9 Å². The number of nitrogens with zero attached hydrogens (tertiary/aromatic N) is 3. The lowest BCUT2D eigenvalue weighted by Crippen LogP contribution is -2.46. The maximum Gasteiger partial charge on any atom is 0.257 e. The summed E-state index contributed by atoms with van der Waals surface area (Å²) in [5.74, 6) is -0.256. The van der Waals surface area contributed by atoms with Crippen LogP contribution in [0.5, 0.6) is 5.75 Å². The van der Waals surface area contributed by atoms with Crippen LogP contribution in [0, 0.1) is 11.7 Å². The van der Waals surface area contributed by atoms with Gasteiger partial charge in [-0.2, -0.15) is 0 Å². The normalized spacial score (nSPS) is 18.6. The van der Waals surface area contributed by atoms with E-state index in [2.05, 4.69) is 15.2 Å². The van der Waals surface area contributed by atoms with Crippen molar-refractivity contribution in [3.63, 3.8) is 0 Å². The lowest BCUT2D eigenvalue weighted by atomic mass is 9.94. The maximum absolute atomic E-state index is 15.1. The minimum Gasteiger partial charge on any atom is -0.492 e. The molecule has 2 amide bonds. The van der Waals surface area contributed by atoms with Crippen molar-refractivity contribution in [3.05, 3.63) is 47.9 Å². The van der Waals surface area contributed by atoms with Gasteiger partial charge in [-0.3, -0.25) is 14.6 Å². The van der Waals surface area contributed by atoms with E-state index in [-0.39, 0.29) is 11.5 Å². The number of amides is 2. The first kappa shape index (κ1) is 29.9. The Morgan fingerprint density at radius 1 is 1.07 bits per heavy atom. The number of rotatable bonds is 11. The van der Waals surface area contributed by atoms with E-state index in [4.69, 9.17) is 4.74 Å². The summed E-state index contributed by atoms with van der Waals surface area (Å²) in [6.07, 6.45) is 5.95. The van der Waals surface area contributed by atoms with Crippen molar-refractivity contribution in [3.8, 4) is 17.0 Å². The molecule has 1 aromatic heterocycles. The SMILES string of the molecule is CCNC(=O)C1CCCN1C(=O)c1ccc(-c2ccc(OCC3CCN(CC(F)(CC)CC)CC3)cn2)cc1F. The summed E-state index contributed by atoms with van der Waals surface area (Å²) in [7, 11) is 0. The number of halogens is 2. The van der Waals surface area contributed by atoms with Gasteiger partial charge in [0.05, 0.1) is 24.1 Å². The van der Waals surface area contributed by atoms with Crippen molar-refractivity contribution >= 4 is 11.8 Å². The van der Waals surface area contributed by atoms with E-state index >= 15 is 4.39 Å². The van der Waals surface area contributed by atoms with Crippen LogP contribution < -0.4 is 10.1 Å². The molecule has 9 heteroatoms. The minimum atomic E-state index is -1.10. The summed E-state index contributed by atoms with van der Waals surface area (Å²) in [6.45, 7) is 9.41. The predicted octanol–water partition coefficient (Wildman–Crippen LogP) is 5.25. The fourth-order valence-corrected chi connectivity index (χ4v) is 5.61. The molecule has 0 spiro atoms. The minimum absolute atomic E-state index is 0.0486. The summed E-state index contributed by atoms with van der Waals surface area (Å²) < 4.78 is 35.8. The highest BCUT2D eigenvalue weighted by molar-refractivity contribution is 5.98. The van der Waals surface area contributed by atoms with Crippen LogP contribution in [0.25, 0.3) is 11.3 Å². The van der Waals surface area contributed by atoms with Gasteiger partial charge in [0.1, 0.15) is 23.3 Å². The average molecular weight is 557 g/mol. The third kappa shape index (κ3) is 7.16. The zero-order valence-electron chi connectivity index (χ0n) is 23.9. The van der Waals surface area contributed by atoms with Gasteiger partial charge in [0.25, 0.3) is 5.91 Å². The van der Waals surface area contributed by atoms with E-state index in [1.807, 2.05) is 26.8 Å². The van der Waals surface area contributed by atoms with Gasteiger partial charge >= 0.3 is 0 Å². The number of piperidine rings is 1. The van der Waals surface area contributed by atoms with E-state index in [1.54, 1.807) is 18.3 Å². The van der Waals surface area contributed by atoms with Crippen molar-refractivity contribution < 1.29 is 23.1 Å². The quantitative estimate of drug-likeness (QED) is 0.409. The van der Waals surface area contributed by atoms with E-state index < -0.39 is 23.4 Å². The molecule has 4 rings (SSSR count). The van der Waals surface area contributed by atoms with Crippen molar-refractivity contribution in [1.82, 2.24) is 20.1 Å². The summed E-state index contributed by atoms with van der Waals surface area (Å²) in [5.41, 5.74) is -0.0226. The Morgan fingerprint density at radius 3 is 2.45 bits per heavy atom. The number of carbonyl (C=O) groups is 2. The Kier molecular flexibility index (Phi) is 10.1. The zero-order chi connectivity index (χ0) is 28.7. The fraction of sp³-hybridized carbons (Fsp3) is 0.581. The van der Waals surface area contributed by atoms with Gasteiger partial charge in [0.15, 0.2) is 0 Å². The smallest absolute Gasteiger partial charge is 0.257 e. The molecular formula is C31H42F2N4O3. The van der Waals surface area contributed by atoms with Crippen LogP contribution in [0.3, 0.4) is 0 Å². The molecule has 1 atom stereocenters. The largest absolute Gasteiger partial charge is 0.492 e. The van der Waals surface area contributed by atoms with Gasteiger partial charge in [0.2, 0.25) is 5.91 Å². The van der Waals surface area contributed by atoms with Gasteiger partial charge in [-0.15, -0.1) is 0 Å². The second-order valence-electron chi connectivity index (χ2n) is 11.0. The van der Waals surface area contributed by atoms with Gasteiger partial charge in [-0.1, -0.05) is 19.9 Å². The van der Waals surface area contributed by atoms with Crippen molar-refractivity contribution in [1.29, 1.82) is 0 Å². The lowest BCUT2D eigenvalue weighted by Gasteiger charge is -2.36. The number of carbonyl (C=O) groups excluding carboxylic acids is 2. The number of alkyl halides is 1. The number of likely N-dealkylation sites (tertiary alicyclic amines) is 2. The Hall–Kier alpha value is -3.07. The molecule has 2 aromatic rings. The van der Waals surface area contributed by atoms with Crippen molar-refractivity contribution in [2.45, 2.75) is 71.0 Å².